The Bertz CT molecular complexity index is 1470. The summed E-state index contributed by atoms with van der Waals surface area (Å²) in [5.41, 5.74) is 0.868. The highest BCUT2D eigenvalue weighted by atomic mass is 32.2. The topological polar surface area (TPSA) is 157 Å². The molecule has 1 atom stereocenters. The Morgan fingerprint density at radius 1 is 1.00 bits per heavy atom. The average molecular weight is 524 g/mol. The first-order valence-corrected chi connectivity index (χ1v) is 11.7. The molecular formula is C24H21N5O7S. The number of carboxylic acids is 1. The van der Waals surface area contributed by atoms with Gasteiger partial charge in [-0.3, -0.25) is 4.55 Å². The van der Waals surface area contributed by atoms with Crippen molar-refractivity contribution in [3.63, 3.8) is 0 Å². The average Bonchev–Trinajstić information content (AvgIpc) is 2.90. The van der Waals surface area contributed by atoms with Gasteiger partial charge in [0.1, 0.15) is 11.5 Å². The third kappa shape index (κ3) is 5.47. The van der Waals surface area contributed by atoms with Gasteiger partial charge in [-0.25, -0.2) is 24.0 Å². The van der Waals surface area contributed by atoms with Gasteiger partial charge >= 0.3 is 5.97 Å². The van der Waals surface area contributed by atoms with Gasteiger partial charge in [-0.05, 0) is 42.8 Å². The summed E-state index contributed by atoms with van der Waals surface area (Å²) in [6.45, 7) is 1.82. The molecule has 3 heterocycles. The van der Waals surface area contributed by atoms with Gasteiger partial charge in [0.15, 0.2) is 23.1 Å². The molecule has 1 aromatic carbocycles. The van der Waals surface area contributed by atoms with E-state index in [9.17, 15) is 18.7 Å². The molecule has 2 N–H and O–H groups in total. The number of aromatic nitrogens is 4. The number of hydrogen-bond acceptors (Lipinski definition) is 9. The lowest BCUT2D eigenvalue weighted by atomic mass is 10.2. The molecule has 0 fully saturated rings. The van der Waals surface area contributed by atoms with E-state index in [1.807, 2.05) is 6.92 Å². The fourth-order valence-electron chi connectivity index (χ4n) is 3.26. The Morgan fingerprint density at radius 3 is 2.38 bits per heavy atom. The third-order valence-corrected chi connectivity index (χ3v) is 5.65. The summed E-state index contributed by atoms with van der Waals surface area (Å²) < 4.78 is 40.8. The number of carbonyl (C=O) groups is 1. The number of hydrogen-bond donors (Lipinski definition) is 2. The van der Waals surface area contributed by atoms with E-state index in [1.54, 1.807) is 36.4 Å². The number of methoxy groups -OCH3 is 2. The van der Waals surface area contributed by atoms with E-state index in [0.29, 0.717) is 5.75 Å². The maximum absolute atomic E-state index is 12.6. The molecule has 12 nitrogen and oxygen atoms in total. The van der Waals surface area contributed by atoms with Crippen molar-refractivity contribution in [1.29, 1.82) is 0 Å². The minimum absolute atomic E-state index is 0.00770. The normalized spacial score (nSPS) is 11.5. The molecule has 190 valence electrons. The van der Waals surface area contributed by atoms with Crippen LogP contribution in [0.3, 0.4) is 0 Å². The molecule has 0 aliphatic carbocycles. The molecule has 0 saturated carbocycles. The van der Waals surface area contributed by atoms with Crippen LogP contribution in [0.1, 0.15) is 16.1 Å². The number of pyridine rings is 2. The summed E-state index contributed by atoms with van der Waals surface area (Å²) in [5.74, 6) is -0.889. The Morgan fingerprint density at radius 2 is 1.76 bits per heavy atom. The minimum Gasteiger partial charge on any atom is -0.493 e. The van der Waals surface area contributed by atoms with Crippen LogP contribution in [0.4, 0.5) is 11.6 Å². The van der Waals surface area contributed by atoms with Gasteiger partial charge < -0.3 is 19.3 Å². The molecule has 13 heteroatoms. The second kappa shape index (κ2) is 11.0. The Kier molecular flexibility index (Phi) is 7.55. The summed E-state index contributed by atoms with van der Waals surface area (Å²) in [6, 6.07) is 12.8. The van der Waals surface area contributed by atoms with Crippen molar-refractivity contribution < 1.29 is 32.9 Å². The van der Waals surface area contributed by atoms with Crippen LogP contribution < -0.4 is 18.5 Å². The van der Waals surface area contributed by atoms with Crippen LogP contribution in [-0.4, -0.2) is 54.0 Å². The van der Waals surface area contributed by atoms with Gasteiger partial charge in [-0.1, -0.05) is 18.2 Å². The molecule has 3 aromatic heterocycles. The molecule has 0 saturated heterocycles. The first-order chi connectivity index (χ1) is 17.8. The standard InChI is InChI=1S/C24H21N5O7S/c1-14-8-9-19(26-13-14)29(37(32)33)22-20(36-18-7-5-4-6-17(18)34-2)23(35-3)28-21(27-22)15-10-11-25-16(12-15)24(30)31/h4-13H,1-3H3,(H,30,31)(H,32,33). The zero-order valence-electron chi connectivity index (χ0n) is 19.9. The molecule has 4 rings (SSSR count). The molecule has 0 bridgehead atoms. The monoisotopic (exact) mass is 523 g/mol. The van der Waals surface area contributed by atoms with Crippen molar-refractivity contribution >= 4 is 28.9 Å². The summed E-state index contributed by atoms with van der Waals surface area (Å²) in [7, 11) is 2.80. The number of carboxylic acid groups (broad SMARTS) is 1. The zero-order valence-corrected chi connectivity index (χ0v) is 20.7. The van der Waals surface area contributed by atoms with E-state index in [0.717, 1.165) is 9.87 Å². The van der Waals surface area contributed by atoms with Crippen LogP contribution in [-0.2, 0) is 11.3 Å². The van der Waals surface area contributed by atoms with Crippen LogP contribution in [0.15, 0.2) is 60.9 Å². The van der Waals surface area contributed by atoms with Crippen LogP contribution in [0, 0.1) is 6.92 Å². The maximum Gasteiger partial charge on any atom is 0.354 e. The smallest absolute Gasteiger partial charge is 0.354 e. The molecule has 4 aromatic rings. The molecule has 1 unspecified atom stereocenters. The van der Waals surface area contributed by atoms with E-state index in [-0.39, 0.29) is 46.1 Å². The van der Waals surface area contributed by atoms with E-state index in [4.69, 9.17) is 14.2 Å². The van der Waals surface area contributed by atoms with Crippen LogP contribution in [0.5, 0.6) is 23.1 Å². The quantitative estimate of drug-likeness (QED) is 0.305. The van der Waals surface area contributed by atoms with Gasteiger partial charge in [0.05, 0.1) is 14.2 Å². The molecule has 0 aliphatic rings. The predicted molar refractivity (Wildman–Crippen MR) is 134 cm³/mol. The molecule has 37 heavy (non-hydrogen) atoms. The molecule has 0 spiro atoms. The van der Waals surface area contributed by atoms with Gasteiger partial charge in [-0.15, -0.1) is 0 Å². The number of aryl methyl sites for hydroxylation is 1. The first-order valence-electron chi connectivity index (χ1n) is 10.6. The van der Waals surface area contributed by atoms with Gasteiger partial charge in [0.2, 0.25) is 5.75 Å². The maximum atomic E-state index is 12.6. The van der Waals surface area contributed by atoms with E-state index in [2.05, 4.69) is 19.9 Å². The lowest BCUT2D eigenvalue weighted by Gasteiger charge is -2.23. The van der Waals surface area contributed by atoms with Crippen LogP contribution >= 0.6 is 0 Å². The van der Waals surface area contributed by atoms with E-state index < -0.39 is 17.2 Å². The van der Waals surface area contributed by atoms with Crippen LogP contribution in [0.25, 0.3) is 11.4 Å². The van der Waals surface area contributed by atoms with Crippen molar-refractivity contribution in [2.75, 3.05) is 18.5 Å². The molecular weight excluding hydrogens is 502 g/mol. The second-order valence-corrected chi connectivity index (χ2v) is 8.24. The minimum atomic E-state index is -2.67. The Labute approximate surface area is 214 Å². The lowest BCUT2D eigenvalue weighted by Crippen LogP contribution is -2.23. The van der Waals surface area contributed by atoms with Crippen molar-refractivity contribution in [1.82, 2.24) is 19.9 Å². The fourth-order valence-corrected chi connectivity index (χ4v) is 3.80. The number of aromatic carboxylic acids is 1. The van der Waals surface area contributed by atoms with E-state index in [1.165, 1.54) is 38.7 Å². The number of benzene rings is 1. The van der Waals surface area contributed by atoms with Gasteiger partial charge in [0, 0.05) is 18.0 Å². The highest BCUT2D eigenvalue weighted by Crippen LogP contribution is 2.44. The number of anilines is 2. The lowest BCUT2D eigenvalue weighted by molar-refractivity contribution is 0.0690. The SMILES string of the molecule is COc1ccccc1Oc1c(OC)nc(-c2ccnc(C(=O)O)c2)nc1N(c1ccc(C)cn1)S(=O)O. The number of ether oxygens (including phenoxy) is 3. The van der Waals surface area contributed by atoms with E-state index >= 15 is 0 Å². The van der Waals surface area contributed by atoms with Crippen molar-refractivity contribution in [2.24, 2.45) is 0 Å². The van der Waals surface area contributed by atoms with Crippen molar-refractivity contribution in [2.45, 2.75) is 6.92 Å². The summed E-state index contributed by atoms with van der Waals surface area (Å²) in [5, 5.41) is 9.35. The highest BCUT2D eigenvalue weighted by Gasteiger charge is 2.29. The zero-order chi connectivity index (χ0) is 26.5. The number of nitrogens with zero attached hydrogens (tertiary/aromatic N) is 5. The highest BCUT2D eigenvalue weighted by molar-refractivity contribution is 7.81. The number of rotatable bonds is 9. The van der Waals surface area contributed by atoms with Gasteiger partial charge in [0.25, 0.3) is 17.1 Å². The Hall–Kier alpha value is -4.62. The molecule has 0 amide bonds. The Balaban J connectivity index is 1.98. The first kappa shape index (κ1) is 25.5. The summed E-state index contributed by atoms with van der Waals surface area (Å²) in [6.07, 6.45) is 2.81. The van der Waals surface area contributed by atoms with Crippen LogP contribution in [0.2, 0.25) is 0 Å². The number of para-hydroxylation sites is 2. The summed E-state index contributed by atoms with van der Waals surface area (Å²) in [4.78, 5) is 28.4. The molecule has 0 radical (unpaired) electrons. The molecule has 0 aliphatic heterocycles. The predicted octanol–water partition coefficient (Wildman–Crippen LogP) is 4.02. The van der Waals surface area contributed by atoms with Crippen molar-refractivity contribution in [3.8, 4) is 34.5 Å². The van der Waals surface area contributed by atoms with Gasteiger partial charge in [-0.2, -0.15) is 9.29 Å². The largest absolute Gasteiger partial charge is 0.493 e. The fraction of sp³-hybridized carbons (Fsp3) is 0.125. The summed E-state index contributed by atoms with van der Waals surface area (Å²) >= 11 is -2.67. The van der Waals surface area contributed by atoms with Crippen molar-refractivity contribution in [3.05, 3.63) is 72.2 Å². The third-order valence-electron chi connectivity index (χ3n) is 4.98. The second-order valence-electron chi connectivity index (χ2n) is 7.42.